The van der Waals surface area contributed by atoms with Gasteiger partial charge in [-0.15, -0.1) is 11.3 Å². The number of amides is 1. The molecule has 0 N–H and O–H groups in total. The molecule has 4 aromatic rings. The maximum atomic E-state index is 13.7. The van der Waals surface area contributed by atoms with E-state index in [0.29, 0.717) is 5.02 Å². The van der Waals surface area contributed by atoms with Crippen molar-refractivity contribution in [1.82, 2.24) is 5.01 Å². The zero-order valence-electron chi connectivity index (χ0n) is 23.2. The van der Waals surface area contributed by atoms with Gasteiger partial charge in [0, 0.05) is 16.0 Å². The molecule has 0 bridgehead atoms. The zero-order chi connectivity index (χ0) is 29.2. The number of methoxy groups -OCH3 is 2. The van der Waals surface area contributed by atoms with Gasteiger partial charge in [-0.05, 0) is 72.4 Å². The summed E-state index contributed by atoms with van der Waals surface area (Å²) >= 11 is 7.72. The van der Waals surface area contributed by atoms with Crippen molar-refractivity contribution in [3.8, 4) is 11.5 Å². The predicted molar refractivity (Wildman–Crippen MR) is 165 cm³/mol. The van der Waals surface area contributed by atoms with E-state index in [4.69, 9.17) is 30.9 Å². The Labute approximate surface area is 253 Å². The molecule has 214 valence electrons. The molecule has 1 aromatic heterocycles. The van der Waals surface area contributed by atoms with Crippen LogP contribution in [0.3, 0.4) is 0 Å². The third-order valence-corrected chi connectivity index (χ3v) is 9.37. The molecule has 0 spiro atoms. The Kier molecular flexibility index (Phi) is 8.00. The Morgan fingerprint density at radius 2 is 1.69 bits per heavy atom. The Morgan fingerprint density at radius 1 is 1.00 bits per heavy atom. The molecule has 1 aliphatic carbocycles. The standard InChI is InChI=1S/C33H29ClN2O5S/c1-39-23-14-10-20(11-15-23)18-22-6-5-8-26-30(22)35-36(31(26)21-12-16-24(40-2)17-13-21)28(37)19-41-33(38)32-29(34)25-7-3-4-9-27(25)42-32/h3-4,7,9-18,26,31H,5-6,8,19H2,1-2H3. The molecule has 7 nitrogen and oxygen atoms in total. The minimum atomic E-state index is -0.625. The van der Waals surface area contributed by atoms with E-state index in [1.807, 2.05) is 72.8 Å². The molecule has 6 rings (SSSR count). The number of allylic oxidation sites excluding steroid dienone is 1. The molecule has 3 aromatic carbocycles. The molecule has 1 amide bonds. The monoisotopic (exact) mass is 600 g/mol. The quantitative estimate of drug-likeness (QED) is 0.205. The number of benzene rings is 3. The van der Waals surface area contributed by atoms with Gasteiger partial charge in [0.1, 0.15) is 16.4 Å². The van der Waals surface area contributed by atoms with E-state index in [1.54, 1.807) is 14.2 Å². The fourth-order valence-electron chi connectivity index (χ4n) is 5.65. The van der Waals surface area contributed by atoms with Crippen LogP contribution in [0.2, 0.25) is 5.02 Å². The predicted octanol–water partition coefficient (Wildman–Crippen LogP) is 7.55. The van der Waals surface area contributed by atoms with Crippen molar-refractivity contribution in [3.05, 3.63) is 99.4 Å². The number of carbonyl (C=O) groups is 2. The first-order valence-corrected chi connectivity index (χ1v) is 14.9. The highest BCUT2D eigenvalue weighted by Crippen LogP contribution is 2.45. The molecule has 2 aliphatic rings. The van der Waals surface area contributed by atoms with E-state index < -0.39 is 18.5 Å². The molecular weight excluding hydrogens is 572 g/mol. The summed E-state index contributed by atoms with van der Waals surface area (Å²) in [5, 5.41) is 7.50. The second kappa shape index (κ2) is 12.0. The molecule has 2 atom stereocenters. The van der Waals surface area contributed by atoms with E-state index in [2.05, 4.69) is 6.08 Å². The Balaban J connectivity index is 1.28. The first kappa shape index (κ1) is 28.0. The highest BCUT2D eigenvalue weighted by molar-refractivity contribution is 7.21. The first-order valence-electron chi connectivity index (χ1n) is 13.7. The van der Waals surface area contributed by atoms with Crippen molar-refractivity contribution >= 4 is 56.7 Å². The zero-order valence-corrected chi connectivity index (χ0v) is 24.8. The lowest BCUT2D eigenvalue weighted by Crippen LogP contribution is -2.34. The summed E-state index contributed by atoms with van der Waals surface area (Å²) in [6, 6.07) is 22.7. The minimum Gasteiger partial charge on any atom is -0.497 e. The van der Waals surface area contributed by atoms with Crippen LogP contribution in [-0.2, 0) is 9.53 Å². The van der Waals surface area contributed by atoms with E-state index in [-0.39, 0.29) is 16.8 Å². The number of nitrogens with zero attached hydrogens (tertiary/aromatic N) is 2. The van der Waals surface area contributed by atoms with Crippen LogP contribution in [0.1, 0.15) is 46.1 Å². The molecule has 9 heteroatoms. The molecule has 0 radical (unpaired) electrons. The van der Waals surface area contributed by atoms with Crippen molar-refractivity contribution in [2.24, 2.45) is 11.0 Å². The molecule has 2 unspecified atom stereocenters. The summed E-state index contributed by atoms with van der Waals surface area (Å²) in [6.45, 7) is -0.447. The molecule has 0 saturated heterocycles. The number of ether oxygens (including phenoxy) is 3. The fraction of sp³-hybridized carbons (Fsp3) is 0.242. The number of rotatable bonds is 7. The maximum absolute atomic E-state index is 13.7. The SMILES string of the molecule is COc1ccc(C=C2CCCC3C2=NN(C(=O)COC(=O)c2sc4ccccc4c2Cl)C3c2ccc(OC)cc2)cc1. The van der Waals surface area contributed by atoms with Crippen LogP contribution in [0.15, 0.2) is 83.5 Å². The molecule has 1 saturated carbocycles. The van der Waals surface area contributed by atoms with Gasteiger partial charge >= 0.3 is 5.97 Å². The highest BCUT2D eigenvalue weighted by Gasteiger charge is 2.44. The van der Waals surface area contributed by atoms with Crippen LogP contribution in [0.5, 0.6) is 11.5 Å². The number of hydrogen-bond donors (Lipinski definition) is 0. The number of hydrogen-bond acceptors (Lipinski definition) is 7. The van der Waals surface area contributed by atoms with Crippen molar-refractivity contribution in [1.29, 1.82) is 0 Å². The van der Waals surface area contributed by atoms with E-state index in [9.17, 15) is 9.59 Å². The second-order valence-corrected chi connectivity index (χ2v) is 11.6. The molecule has 1 fully saturated rings. The Morgan fingerprint density at radius 3 is 2.38 bits per heavy atom. The number of fused-ring (bicyclic) bond motifs is 2. The van der Waals surface area contributed by atoms with Gasteiger partial charge in [-0.3, -0.25) is 4.79 Å². The van der Waals surface area contributed by atoms with Crippen molar-refractivity contribution < 1.29 is 23.8 Å². The Hall–Kier alpha value is -4.14. The molecule has 42 heavy (non-hydrogen) atoms. The normalized spacial score (nSPS) is 19.0. The number of esters is 1. The Bertz CT molecular complexity index is 1690. The third-order valence-electron chi connectivity index (χ3n) is 7.72. The number of halogens is 1. The lowest BCUT2D eigenvalue weighted by molar-refractivity contribution is -0.137. The maximum Gasteiger partial charge on any atom is 0.350 e. The van der Waals surface area contributed by atoms with Gasteiger partial charge in [-0.1, -0.05) is 54.1 Å². The van der Waals surface area contributed by atoms with Crippen LogP contribution in [0.4, 0.5) is 0 Å². The van der Waals surface area contributed by atoms with Gasteiger partial charge in [0.2, 0.25) is 0 Å². The van der Waals surface area contributed by atoms with Crippen LogP contribution in [0, 0.1) is 5.92 Å². The van der Waals surface area contributed by atoms with Crippen LogP contribution in [0.25, 0.3) is 16.2 Å². The van der Waals surface area contributed by atoms with Crippen LogP contribution in [-0.4, -0.2) is 43.4 Å². The summed E-state index contributed by atoms with van der Waals surface area (Å²) in [4.78, 5) is 27.0. The topological polar surface area (TPSA) is 77.4 Å². The van der Waals surface area contributed by atoms with Gasteiger partial charge in [0.25, 0.3) is 5.91 Å². The van der Waals surface area contributed by atoms with E-state index in [1.165, 1.54) is 16.3 Å². The van der Waals surface area contributed by atoms with Crippen LogP contribution >= 0.6 is 22.9 Å². The molecule has 1 aliphatic heterocycles. The number of carbonyl (C=O) groups excluding carboxylic acids is 2. The summed E-state index contributed by atoms with van der Waals surface area (Å²) in [6.07, 6.45) is 4.85. The lowest BCUT2D eigenvalue weighted by atomic mass is 9.77. The van der Waals surface area contributed by atoms with Gasteiger partial charge in [0.05, 0.1) is 31.0 Å². The van der Waals surface area contributed by atoms with Gasteiger partial charge < -0.3 is 14.2 Å². The van der Waals surface area contributed by atoms with Gasteiger partial charge in [-0.25, -0.2) is 9.80 Å². The number of hydrazone groups is 1. The smallest absolute Gasteiger partial charge is 0.350 e. The van der Waals surface area contributed by atoms with Crippen molar-refractivity contribution in [2.45, 2.75) is 25.3 Å². The molecular formula is C33H29ClN2O5S. The fourth-order valence-corrected chi connectivity index (χ4v) is 7.05. The average Bonchev–Trinajstić information content (AvgIpc) is 3.59. The minimum absolute atomic E-state index is 0.00772. The summed E-state index contributed by atoms with van der Waals surface area (Å²) in [5.74, 6) is 0.508. The van der Waals surface area contributed by atoms with Crippen molar-refractivity contribution in [3.63, 3.8) is 0 Å². The first-order chi connectivity index (χ1) is 20.5. The lowest BCUT2D eigenvalue weighted by Gasteiger charge is -2.29. The largest absolute Gasteiger partial charge is 0.497 e. The summed E-state index contributed by atoms with van der Waals surface area (Å²) in [7, 11) is 3.27. The van der Waals surface area contributed by atoms with Crippen LogP contribution < -0.4 is 9.47 Å². The number of thiophene rings is 1. The van der Waals surface area contributed by atoms with E-state index >= 15 is 0 Å². The third kappa shape index (κ3) is 5.40. The van der Waals surface area contributed by atoms with Crippen molar-refractivity contribution in [2.75, 3.05) is 20.8 Å². The van der Waals surface area contributed by atoms with Gasteiger partial charge in [-0.2, -0.15) is 5.10 Å². The average molecular weight is 601 g/mol. The highest BCUT2D eigenvalue weighted by atomic mass is 35.5. The summed E-state index contributed by atoms with van der Waals surface area (Å²) < 4.78 is 17.0. The van der Waals surface area contributed by atoms with E-state index in [0.717, 1.165) is 63.3 Å². The molecule has 2 heterocycles. The van der Waals surface area contributed by atoms with Gasteiger partial charge in [0.15, 0.2) is 6.61 Å². The second-order valence-electron chi connectivity index (χ2n) is 10.2. The summed E-state index contributed by atoms with van der Waals surface area (Å²) in [5.41, 5.74) is 3.97.